The van der Waals surface area contributed by atoms with E-state index in [9.17, 15) is 4.39 Å². The van der Waals surface area contributed by atoms with Gasteiger partial charge in [0.1, 0.15) is 23.5 Å². The van der Waals surface area contributed by atoms with Crippen molar-refractivity contribution >= 4 is 18.4 Å². The molecule has 0 bridgehead atoms. The number of piperidine rings is 1. The van der Waals surface area contributed by atoms with Crippen LogP contribution in [0.4, 0.5) is 10.3 Å². The molecule has 0 unspecified atom stereocenters. The Morgan fingerprint density at radius 2 is 1.63 bits per heavy atom. The summed E-state index contributed by atoms with van der Waals surface area (Å²) in [4.78, 5) is 2.29. The third-order valence-electron chi connectivity index (χ3n) is 6.20. The van der Waals surface area contributed by atoms with E-state index in [-0.39, 0.29) is 29.7 Å². The fourth-order valence-corrected chi connectivity index (χ4v) is 4.42. The van der Waals surface area contributed by atoms with Crippen LogP contribution in [0.3, 0.4) is 0 Å². The highest BCUT2D eigenvalue weighted by molar-refractivity contribution is 5.85. The van der Waals surface area contributed by atoms with Crippen LogP contribution in [0.1, 0.15) is 37.1 Å². The molecule has 2 aliphatic rings. The van der Waals surface area contributed by atoms with Crippen LogP contribution in [0.2, 0.25) is 0 Å². The lowest BCUT2D eigenvalue weighted by Crippen LogP contribution is -2.39. The lowest BCUT2D eigenvalue weighted by molar-refractivity contribution is 0.170. The SMILES string of the molecule is Cl.Cn1c(N2CCC(Oc3ccc(F)cc3)CC2)nnc1C1(c2ccccc2)CC1. The molecule has 30 heavy (non-hydrogen) atoms. The van der Waals surface area contributed by atoms with E-state index < -0.39 is 0 Å². The second-order valence-electron chi connectivity index (χ2n) is 8.09. The normalized spacial score (nSPS) is 18.0. The third-order valence-corrected chi connectivity index (χ3v) is 6.20. The summed E-state index contributed by atoms with van der Waals surface area (Å²) in [6, 6.07) is 16.9. The molecule has 0 spiro atoms. The highest BCUT2D eigenvalue weighted by Gasteiger charge is 2.50. The minimum absolute atomic E-state index is 0. The first-order valence-electron chi connectivity index (χ1n) is 10.3. The van der Waals surface area contributed by atoms with Gasteiger partial charge < -0.3 is 9.64 Å². The fourth-order valence-electron chi connectivity index (χ4n) is 4.42. The minimum Gasteiger partial charge on any atom is -0.490 e. The second-order valence-corrected chi connectivity index (χ2v) is 8.09. The summed E-state index contributed by atoms with van der Waals surface area (Å²) in [6.45, 7) is 1.74. The highest BCUT2D eigenvalue weighted by Crippen LogP contribution is 2.52. The maximum absolute atomic E-state index is 13.1. The number of ether oxygens (including phenoxy) is 1. The van der Waals surface area contributed by atoms with Gasteiger partial charge in [-0.15, -0.1) is 22.6 Å². The molecule has 2 heterocycles. The summed E-state index contributed by atoms with van der Waals surface area (Å²) in [7, 11) is 2.08. The molecule has 2 fully saturated rings. The molecule has 1 saturated heterocycles. The molecule has 1 saturated carbocycles. The highest BCUT2D eigenvalue weighted by atomic mass is 35.5. The van der Waals surface area contributed by atoms with Gasteiger partial charge in [0.05, 0.1) is 5.41 Å². The molecule has 0 atom stereocenters. The Labute approximate surface area is 182 Å². The first-order valence-corrected chi connectivity index (χ1v) is 10.3. The molecule has 1 aliphatic carbocycles. The Kier molecular flexibility index (Phi) is 5.69. The topological polar surface area (TPSA) is 43.2 Å². The molecule has 5 nitrogen and oxygen atoms in total. The molecule has 158 valence electrons. The largest absolute Gasteiger partial charge is 0.490 e. The molecule has 1 aliphatic heterocycles. The first-order chi connectivity index (χ1) is 14.2. The summed E-state index contributed by atoms with van der Waals surface area (Å²) >= 11 is 0. The second kappa shape index (κ2) is 8.26. The van der Waals surface area contributed by atoms with Crippen molar-refractivity contribution in [3.8, 4) is 5.75 Å². The summed E-state index contributed by atoms with van der Waals surface area (Å²) in [5.74, 6) is 2.48. The van der Waals surface area contributed by atoms with Gasteiger partial charge >= 0.3 is 0 Å². The Hall–Kier alpha value is -2.60. The Balaban J connectivity index is 0.00000218. The molecular formula is C23H26ClFN4O. The van der Waals surface area contributed by atoms with Crippen LogP contribution in [0.15, 0.2) is 54.6 Å². The zero-order valence-electron chi connectivity index (χ0n) is 17.0. The number of rotatable bonds is 5. The summed E-state index contributed by atoms with van der Waals surface area (Å²) in [5.41, 5.74) is 1.35. The van der Waals surface area contributed by atoms with Crippen LogP contribution in [0, 0.1) is 5.82 Å². The van der Waals surface area contributed by atoms with E-state index in [1.165, 1.54) is 17.7 Å². The van der Waals surface area contributed by atoms with Gasteiger partial charge in [0.25, 0.3) is 0 Å². The van der Waals surface area contributed by atoms with Gasteiger partial charge in [-0.1, -0.05) is 30.3 Å². The van der Waals surface area contributed by atoms with E-state index >= 15 is 0 Å². The van der Waals surface area contributed by atoms with E-state index in [0.717, 1.165) is 56.3 Å². The first kappa shape index (κ1) is 20.7. The molecule has 3 aromatic rings. The average molecular weight is 429 g/mol. The van der Waals surface area contributed by atoms with E-state index in [0.29, 0.717) is 0 Å². The molecule has 0 N–H and O–H groups in total. The third kappa shape index (κ3) is 3.76. The molecule has 7 heteroatoms. The molecule has 0 amide bonds. The molecule has 1 aromatic heterocycles. The van der Waals surface area contributed by atoms with Crippen LogP contribution >= 0.6 is 12.4 Å². The number of nitrogens with zero attached hydrogens (tertiary/aromatic N) is 4. The average Bonchev–Trinajstić information content (AvgIpc) is 3.47. The van der Waals surface area contributed by atoms with E-state index in [1.807, 2.05) is 0 Å². The molecule has 5 rings (SSSR count). The van der Waals surface area contributed by atoms with Crippen molar-refractivity contribution in [1.29, 1.82) is 0 Å². The van der Waals surface area contributed by atoms with Gasteiger partial charge in [-0.25, -0.2) is 4.39 Å². The van der Waals surface area contributed by atoms with Gasteiger partial charge in [0, 0.05) is 33.0 Å². The van der Waals surface area contributed by atoms with Crippen molar-refractivity contribution in [1.82, 2.24) is 14.8 Å². The van der Waals surface area contributed by atoms with Crippen molar-refractivity contribution in [2.75, 3.05) is 18.0 Å². The summed E-state index contributed by atoms with van der Waals surface area (Å²) in [6.07, 6.45) is 4.20. The Morgan fingerprint density at radius 1 is 0.967 bits per heavy atom. The molecule has 2 aromatic carbocycles. The van der Waals surface area contributed by atoms with Gasteiger partial charge in [0.2, 0.25) is 5.95 Å². The van der Waals surface area contributed by atoms with Crippen molar-refractivity contribution in [3.05, 3.63) is 71.8 Å². The lowest BCUT2D eigenvalue weighted by atomic mass is 9.95. The predicted molar refractivity (Wildman–Crippen MR) is 117 cm³/mol. The smallest absolute Gasteiger partial charge is 0.226 e. The maximum atomic E-state index is 13.1. The van der Waals surface area contributed by atoms with E-state index in [1.54, 1.807) is 12.1 Å². The number of benzene rings is 2. The zero-order valence-corrected chi connectivity index (χ0v) is 17.8. The number of hydrogen-bond donors (Lipinski definition) is 0. The van der Waals surface area contributed by atoms with Crippen LogP contribution in [-0.2, 0) is 12.5 Å². The fraction of sp³-hybridized carbons (Fsp3) is 0.391. The van der Waals surface area contributed by atoms with Crippen LogP contribution in [0.5, 0.6) is 5.75 Å². The summed E-state index contributed by atoms with van der Waals surface area (Å²) < 4.78 is 21.2. The van der Waals surface area contributed by atoms with Crippen LogP contribution < -0.4 is 9.64 Å². The van der Waals surface area contributed by atoms with Crippen LogP contribution in [0.25, 0.3) is 0 Å². The minimum atomic E-state index is -0.241. The number of hydrogen-bond acceptors (Lipinski definition) is 4. The van der Waals surface area contributed by atoms with E-state index in [4.69, 9.17) is 4.74 Å². The van der Waals surface area contributed by atoms with Gasteiger partial charge in [-0.3, -0.25) is 4.57 Å². The van der Waals surface area contributed by atoms with Crippen molar-refractivity contribution in [2.24, 2.45) is 7.05 Å². The zero-order chi connectivity index (χ0) is 19.8. The predicted octanol–water partition coefficient (Wildman–Crippen LogP) is 4.50. The monoisotopic (exact) mass is 428 g/mol. The summed E-state index contributed by atoms with van der Waals surface area (Å²) in [5, 5.41) is 9.15. The standard InChI is InChI=1S/C23H25FN4O.ClH/c1-27-21(23(13-14-23)17-5-3-2-4-6-17)25-26-22(27)28-15-11-20(12-16-28)29-19-9-7-18(24)8-10-19;/h2-10,20H,11-16H2,1H3;1H. The lowest BCUT2D eigenvalue weighted by Gasteiger charge is -2.32. The maximum Gasteiger partial charge on any atom is 0.226 e. The Bertz CT molecular complexity index is 980. The quantitative estimate of drug-likeness (QED) is 0.600. The van der Waals surface area contributed by atoms with Crippen molar-refractivity contribution in [3.63, 3.8) is 0 Å². The van der Waals surface area contributed by atoms with Crippen molar-refractivity contribution in [2.45, 2.75) is 37.2 Å². The van der Waals surface area contributed by atoms with Gasteiger partial charge in [0.15, 0.2) is 0 Å². The van der Waals surface area contributed by atoms with Crippen LogP contribution in [-0.4, -0.2) is 34.0 Å². The number of anilines is 1. The number of halogens is 2. The van der Waals surface area contributed by atoms with Crippen molar-refractivity contribution < 1.29 is 9.13 Å². The molecule has 0 radical (unpaired) electrons. The van der Waals surface area contributed by atoms with E-state index in [2.05, 4.69) is 57.0 Å². The molecular weight excluding hydrogens is 403 g/mol. The van der Waals surface area contributed by atoms with Gasteiger partial charge in [-0.05, 0) is 42.7 Å². The number of aromatic nitrogens is 3. The Morgan fingerprint density at radius 3 is 2.27 bits per heavy atom. The van der Waals surface area contributed by atoms with Gasteiger partial charge in [-0.2, -0.15) is 0 Å².